The molecule has 118 valence electrons. The van der Waals surface area contributed by atoms with Crippen molar-refractivity contribution in [2.24, 2.45) is 5.41 Å². The van der Waals surface area contributed by atoms with Gasteiger partial charge in [0.2, 0.25) is 0 Å². The molecule has 2 rings (SSSR count). The number of carbonyl (C=O) groups is 1. The lowest BCUT2D eigenvalue weighted by Gasteiger charge is -2.22. The van der Waals surface area contributed by atoms with Crippen LogP contribution in [0.2, 0.25) is 0 Å². The van der Waals surface area contributed by atoms with Crippen LogP contribution in [-0.2, 0) is 34.0 Å². The Morgan fingerprint density at radius 2 is 2.14 bits per heavy atom. The molecule has 1 aliphatic heterocycles. The summed E-state index contributed by atoms with van der Waals surface area (Å²) in [5.74, 6) is -1.40. The van der Waals surface area contributed by atoms with E-state index in [2.05, 4.69) is 21.0 Å². The van der Waals surface area contributed by atoms with Crippen LogP contribution in [0, 0.1) is 5.41 Å². The third kappa shape index (κ3) is 3.01. The summed E-state index contributed by atoms with van der Waals surface area (Å²) in [7, 11) is -3.28. The number of aliphatic carboxylic acids is 1. The van der Waals surface area contributed by atoms with Gasteiger partial charge < -0.3 is 5.11 Å². The Morgan fingerprint density at radius 1 is 1.48 bits per heavy atom. The summed E-state index contributed by atoms with van der Waals surface area (Å²) < 4.78 is 26.1. The minimum atomic E-state index is -3.28. The van der Waals surface area contributed by atoms with E-state index in [0.29, 0.717) is 6.54 Å². The molecule has 1 aromatic rings. The smallest absolute Gasteiger partial charge is 0.311 e. The summed E-state index contributed by atoms with van der Waals surface area (Å²) in [6.45, 7) is 4.53. The topological polar surface area (TPSA) is 89.3 Å². The highest BCUT2D eigenvalue weighted by Gasteiger charge is 2.49. The van der Waals surface area contributed by atoms with Gasteiger partial charge in [-0.1, -0.05) is 6.92 Å². The van der Waals surface area contributed by atoms with Gasteiger partial charge in [0.15, 0.2) is 9.84 Å². The Labute approximate surface area is 132 Å². The molecule has 1 aromatic heterocycles. The number of nitrogens with zero attached hydrogens (tertiary/aromatic N) is 2. The predicted molar refractivity (Wildman–Crippen MR) is 82.0 cm³/mol. The van der Waals surface area contributed by atoms with Gasteiger partial charge in [0.25, 0.3) is 0 Å². The second kappa shape index (κ2) is 5.72. The molecule has 1 fully saturated rings. The zero-order valence-corrected chi connectivity index (χ0v) is 14.5. The molecule has 0 spiro atoms. The van der Waals surface area contributed by atoms with E-state index >= 15 is 0 Å². The fraction of sp³-hybridized carbons (Fsp3) is 0.692. The number of aryl methyl sites for hydroxylation is 2. The van der Waals surface area contributed by atoms with Gasteiger partial charge in [-0.05, 0) is 35.7 Å². The lowest BCUT2D eigenvalue weighted by atomic mass is 9.82. The van der Waals surface area contributed by atoms with Crippen molar-refractivity contribution in [2.75, 3.05) is 11.5 Å². The van der Waals surface area contributed by atoms with Gasteiger partial charge in [-0.3, -0.25) is 9.48 Å². The molecule has 21 heavy (non-hydrogen) atoms. The molecule has 0 aliphatic carbocycles. The maximum atomic E-state index is 11.7. The normalized spacial score (nSPS) is 24.3. The van der Waals surface area contributed by atoms with Crippen LogP contribution >= 0.6 is 15.9 Å². The molecule has 0 amide bonds. The minimum Gasteiger partial charge on any atom is -0.481 e. The third-order valence-electron chi connectivity index (χ3n) is 4.04. The van der Waals surface area contributed by atoms with Crippen LogP contribution in [0.15, 0.2) is 4.47 Å². The molecular formula is C13H19BrN2O4S. The van der Waals surface area contributed by atoms with Crippen LogP contribution < -0.4 is 0 Å². The van der Waals surface area contributed by atoms with E-state index in [1.165, 1.54) is 0 Å². The number of sulfone groups is 1. The SMILES string of the molecule is CCc1nn(CC)c(CC2(C(=O)O)CCS(=O)(=O)C2)c1Br. The summed E-state index contributed by atoms with van der Waals surface area (Å²) in [5.41, 5.74) is 0.404. The molecule has 1 atom stereocenters. The maximum absolute atomic E-state index is 11.7. The van der Waals surface area contributed by atoms with Crippen LogP contribution in [0.3, 0.4) is 0 Å². The van der Waals surface area contributed by atoms with Crippen molar-refractivity contribution in [1.82, 2.24) is 9.78 Å². The molecule has 1 aliphatic rings. The van der Waals surface area contributed by atoms with E-state index < -0.39 is 21.2 Å². The standard InChI is InChI=1S/C13H19BrN2O4S/c1-3-9-11(14)10(16(4-2)15-9)7-13(12(17)18)5-6-21(19,20)8-13/h3-8H2,1-2H3,(H,17,18). The Balaban J connectivity index is 2.44. The summed E-state index contributed by atoms with van der Waals surface area (Å²) in [6.07, 6.45) is 1.08. The quantitative estimate of drug-likeness (QED) is 0.841. The van der Waals surface area contributed by atoms with Gasteiger partial charge in [-0.15, -0.1) is 0 Å². The summed E-state index contributed by atoms with van der Waals surface area (Å²) in [4.78, 5) is 11.7. The van der Waals surface area contributed by atoms with E-state index in [1.807, 2.05) is 13.8 Å². The average Bonchev–Trinajstić information content (AvgIpc) is 2.89. The number of hydrogen-bond acceptors (Lipinski definition) is 4. The first-order valence-electron chi connectivity index (χ1n) is 6.92. The highest BCUT2D eigenvalue weighted by molar-refractivity contribution is 9.10. The van der Waals surface area contributed by atoms with Crippen molar-refractivity contribution in [3.8, 4) is 0 Å². The summed E-state index contributed by atoms with van der Waals surface area (Å²) >= 11 is 3.49. The number of hydrogen-bond donors (Lipinski definition) is 1. The summed E-state index contributed by atoms with van der Waals surface area (Å²) in [5, 5.41) is 14.0. The monoisotopic (exact) mass is 378 g/mol. The molecule has 1 saturated heterocycles. The maximum Gasteiger partial charge on any atom is 0.311 e. The van der Waals surface area contributed by atoms with Crippen molar-refractivity contribution >= 4 is 31.7 Å². The number of aromatic nitrogens is 2. The molecule has 0 aromatic carbocycles. The van der Waals surface area contributed by atoms with Gasteiger partial charge in [-0.2, -0.15) is 5.10 Å². The van der Waals surface area contributed by atoms with Crippen LogP contribution in [0.5, 0.6) is 0 Å². The van der Waals surface area contributed by atoms with Crippen LogP contribution in [-0.4, -0.2) is 40.8 Å². The van der Waals surface area contributed by atoms with E-state index in [9.17, 15) is 18.3 Å². The molecule has 0 saturated carbocycles. The molecular weight excluding hydrogens is 360 g/mol. The first-order chi connectivity index (χ1) is 9.74. The molecule has 6 nitrogen and oxygen atoms in total. The van der Waals surface area contributed by atoms with Crippen molar-refractivity contribution in [3.05, 3.63) is 15.9 Å². The van der Waals surface area contributed by atoms with Crippen LogP contribution in [0.4, 0.5) is 0 Å². The van der Waals surface area contributed by atoms with E-state index in [0.717, 1.165) is 22.3 Å². The number of carboxylic acids is 1. The van der Waals surface area contributed by atoms with Gasteiger partial charge in [0, 0.05) is 13.0 Å². The largest absolute Gasteiger partial charge is 0.481 e. The summed E-state index contributed by atoms with van der Waals surface area (Å²) in [6, 6.07) is 0. The van der Waals surface area contributed by atoms with Crippen molar-refractivity contribution in [2.45, 2.75) is 39.7 Å². The van der Waals surface area contributed by atoms with Crippen molar-refractivity contribution in [1.29, 1.82) is 0 Å². The van der Waals surface area contributed by atoms with Crippen LogP contribution in [0.25, 0.3) is 0 Å². The fourth-order valence-electron chi connectivity index (χ4n) is 2.81. The number of carboxylic acid groups (broad SMARTS) is 1. The lowest BCUT2D eigenvalue weighted by Crippen LogP contribution is -2.35. The fourth-order valence-corrected chi connectivity index (χ4v) is 5.57. The van der Waals surface area contributed by atoms with Gasteiger partial charge in [0.05, 0.1) is 32.8 Å². The van der Waals surface area contributed by atoms with Gasteiger partial charge in [-0.25, -0.2) is 8.42 Å². The third-order valence-corrected chi connectivity index (χ3v) is 6.78. The molecule has 2 heterocycles. The first-order valence-corrected chi connectivity index (χ1v) is 9.54. The Bertz CT molecular complexity index is 668. The first kappa shape index (κ1) is 16.5. The van der Waals surface area contributed by atoms with E-state index in [1.54, 1.807) is 4.68 Å². The van der Waals surface area contributed by atoms with Crippen LogP contribution in [0.1, 0.15) is 31.7 Å². The van der Waals surface area contributed by atoms with Crippen molar-refractivity contribution in [3.63, 3.8) is 0 Å². The highest BCUT2D eigenvalue weighted by Crippen LogP contribution is 2.38. The average molecular weight is 379 g/mol. The Morgan fingerprint density at radius 3 is 2.57 bits per heavy atom. The highest BCUT2D eigenvalue weighted by atomic mass is 79.9. The minimum absolute atomic E-state index is 0.0577. The lowest BCUT2D eigenvalue weighted by molar-refractivity contribution is -0.147. The van der Waals surface area contributed by atoms with E-state index in [4.69, 9.17) is 0 Å². The second-order valence-corrected chi connectivity index (χ2v) is 8.46. The molecule has 1 N–H and O–H groups in total. The zero-order chi connectivity index (χ0) is 15.8. The molecule has 0 bridgehead atoms. The number of rotatable bonds is 5. The van der Waals surface area contributed by atoms with Gasteiger partial charge >= 0.3 is 5.97 Å². The Hall–Kier alpha value is -0.890. The molecule has 8 heteroatoms. The molecule has 1 unspecified atom stereocenters. The van der Waals surface area contributed by atoms with Gasteiger partial charge in [0.1, 0.15) is 0 Å². The predicted octanol–water partition coefficient (Wildman–Crippen LogP) is 1.66. The zero-order valence-electron chi connectivity index (χ0n) is 12.1. The molecule has 0 radical (unpaired) electrons. The van der Waals surface area contributed by atoms with E-state index in [-0.39, 0.29) is 24.3 Å². The number of halogens is 1. The second-order valence-electron chi connectivity index (χ2n) is 5.48. The van der Waals surface area contributed by atoms with Crippen molar-refractivity contribution < 1.29 is 18.3 Å². The Kier molecular flexibility index (Phi) is 4.49.